The van der Waals surface area contributed by atoms with Gasteiger partial charge < -0.3 is 10.1 Å². The minimum Gasteiger partial charge on any atom is -0.497 e. The van der Waals surface area contributed by atoms with E-state index in [1.165, 1.54) is 4.90 Å². The molecule has 1 N–H and O–H groups in total. The lowest BCUT2D eigenvalue weighted by Crippen LogP contribution is -2.42. The molecular formula is C22H25N3O4. The summed E-state index contributed by atoms with van der Waals surface area (Å²) in [5, 5.41) is 2.77. The van der Waals surface area contributed by atoms with E-state index in [-0.39, 0.29) is 18.4 Å². The molecule has 4 amide bonds. The highest BCUT2D eigenvalue weighted by Gasteiger charge is 2.43. The van der Waals surface area contributed by atoms with Crippen LogP contribution in [-0.2, 0) is 16.0 Å². The fourth-order valence-electron chi connectivity index (χ4n) is 3.25. The number of hydrogen-bond donors (Lipinski definition) is 1. The number of hydrogen-bond acceptors (Lipinski definition) is 4. The van der Waals surface area contributed by atoms with Crippen molar-refractivity contribution in [2.45, 2.75) is 26.3 Å². The van der Waals surface area contributed by atoms with E-state index >= 15 is 0 Å². The molecule has 0 radical (unpaired) electrons. The largest absolute Gasteiger partial charge is 0.497 e. The van der Waals surface area contributed by atoms with Crippen LogP contribution in [-0.4, -0.2) is 49.0 Å². The van der Waals surface area contributed by atoms with Crippen molar-refractivity contribution in [3.8, 4) is 5.75 Å². The van der Waals surface area contributed by atoms with E-state index in [1.807, 2.05) is 43.3 Å². The second-order valence-electron chi connectivity index (χ2n) is 7.04. The SMILES string of the molecule is COc1ccc(CCNC(=O)CN2C(=O)C(C)N(c3ccc(C)cc3)C2=O)cc1. The number of urea groups is 1. The van der Waals surface area contributed by atoms with Crippen molar-refractivity contribution < 1.29 is 19.1 Å². The number of amides is 4. The van der Waals surface area contributed by atoms with Crippen LogP contribution in [0.2, 0.25) is 0 Å². The zero-order valence-corrected chi connectivity index (χ0v) is 16.8. The number of nitrogens with one attached hydrogen (secondary N) is 1. The zero-order valence-electron chi connectivity index (χ0n) is 16.8. The van der Waals surface area contributed by atoms with Gasteiger partial charge in [-0.3, -0.25) is 19.4 Å². The van der Waals surface area contributed by atoms with Crippen LogP contribution in [0.5, 0.6) is 5.75 Å². The second kappa shape index (κ2) is 8.77. The Morgan fingerprint density at radius 2 is 1.72 bits per heavy atom. The van der Waals surface area contributed by atoms with Crippen LogP contribution >= 0.6 is 0 Å². The van der Waals surface area contributed by atoms with E-state index in [0.29, 0.717) is 18.7 Å². The van der Waals surface area contributed by atoms with E-state index in [9.17, 15) is 14.4 Å². The number of nitrogens with zero attached hydrogens (tertiary/aromatic N) is 2. The summed E-state index contributed by atoms with van der Waals surface area (Å²) < 4.78 is 5.12. The number of imide groups is 1. The molecule has 3 rings (SSSR count). The van der Waals surface area contributed by atoms with Gasteiger partial charge >= 0.3 is 6.03 Å². The fraction of sp³-hybridized carbons (Fsp3) is 0.318. The van der Waals surface area contributed by atoms with Gasteiger partial charge in [0.25, 0.3) is 5.91 Å². The molecule has 0 aliphatic carbocycles. The first kappa shape index (κ1) is 20.4. The third kappa shape index (κ3) is 4.56. The maximum atomic E-state index is 12.7. The van der Waals surface area contributed by atoms with Crippen molar-refractivity contribution in [2.24, 2.45) is 0 Å². The summed E-state index contributed by atoms with van der Waals surface area (Å²) in [7, 11) is 1.61. The van der Waals surface area contributed by atoms with E-state index in [4.69, 9.17) is 4.74 Å². The summed E-state index contributed by atoms with van der Waals surface area (Å²) >= 11 is 0. The minimum atomic E-state index is -0.641. The van der Waals surface area contributed by atoms with Gasteiger partial charge in [-0.1, -0.05) is 29.8 Å². The Morgan fingerprint density at radius 1 is 1.07 bits per heavy atom. The van der Waals surface area contributed by atoms with Crippen molar-refractivity contribution in [3.63, 3.8) is 0 Å². The van der Waals surface area contributed by atoms with Gasteiger partial charge in [0.2, 0.25) is 5.91 Å². The quantitative estimate of drug-likeness (QED) is 0.731. The lowest BCUT2D eigenvalue weighted by atomic mass is 10.1. The fourth-order valence-corrected chi connectivity index (χ4v) is 3.25. The summed E-state index contributed by atoms with van der Waals surface area (Å²) in [6.07, 6.45) is 0.642. The van der Waals surface area contributed by atoms with Crippen LogP contribution in [0, 0.1) is 6.92 Å². The smallest absolute Gasteiger partial charge is 0.332 e. The molecule has 7 nitrogen and oxygen atoms in total. The summed E-state index contributed by atoms with van der Waals surface area (Å²) in [5.74, 6) is 0.0372. The monoisotopic (exact) mass is 395 g/mol. The highest BCUT2D eigenvalue weighted by atomic mass is 16.5. The van der Waals surface area contributed by atoms with Gasteiger partial charge in [0.15, 0.2) is 0 Å². The Hall–Kier alpha value is -3.35. The Kier molecular flexibility index (Phi) is 6.16. The highest BCUT2D eigenvalue weighted by molar-refractivity contribution is 6.15. The Balaban J connectivity index is 1.55. The molecule has 1 aliphatic heterocycles. The summed E-state index contributed by atoms with van der Waals surface area (Å²) in [4.78, 5) is 40.0. The van der Waals surface area contributed by atoms with Gasteiger partial charge in [-0.2, -0.15) is 0 Å². The first-order valence-electron chi connectivity index (χ1n) is 9.51. The molecule has 29 heavy (non-hydrogen) atoms. The van der Waals surface area contributed by atoms with Crippen LogP contribution in [0.3, 0.4) is 0 Å². The van der Waals surface area contributed by atoms with Crippen molar-refractivity contribution in [3.05, 3.63) is 59.7 Å². The van der Waals surface area contributed by atoms with E-state index in [2.05, 4.69) is 5.32 Å². The lowest BCUT2D eigenvalue weighted by Gasteiger charge is -2.19. The molecule has 2 aromatic carbocycles. The number of aryl methyl sites for hydroxylation is 1. The number of anilines is 1. The molecule has 1 heterocycles. The average molecular weight is 395 g/mol. The first-order valence-corrected chi connectivity index (χ1v) is 9.51. The van der Waals surface area contributed by atoms with Crippen molar-refractivity contribution in [1.82, 2.24) is 10.2 Å². The number of rotatable bonds is 7. The Labute approximate surface area is 170 Å². The number of methoxy groups -OCH3 is 1. The standard InChI is InChI=1S/C22H25N3O4/c1-15-4-8-18(9-5-15)25-16(2)21(27)24(22(25)28)14-20(26)23-13-12-17-6-10-19(29-3)11-7-17/h4-11,16H,12-14H2,1-3H3,(H,23,26). The molecule has 0 bridgehead atoms. The molecule has 1 fully saturated rings. The van der Waals surface area contributed by atoms with Crippen LogP contribution in [0.1, 0.15) is 18.1 Å². The van der Waals surface area contributed by atoms with Gasteiger partial charge in [-0.15, -0.1) is 0 Å². The topological polar surface area (TPSA) is 79.0 Å². The van der Waals surface area contributed by atoms with E-state index in [1.54, 1.807) is 26.2 Å². The predicted molar refractivity (Wildman–Crippen MR) is 110 cm³/mol. The maximum Gasteiger partial charge on any atom is 0.332 e. The van der Waals surface area contributed by atoms with Crippen LogP contribution < -0.4 is 15.0 Å². The van der Waals surface area contributed by atoms with Gasteiger partial charge in [-0.25, -0.2) is 4.79 Å². The number of ether oxygens (including phenoxy) is 1. The predicted octanol–water partition coefficient (Wildman–Crippen LogP) is 2.52. The molecule has 1 saturated heterocycles. The Bertz CT molecular complexity index is 893. The molecule has 7 heteroatoms. The van der Waals surface area contributed by atoms with Crippen molar-refractivity contribution in [2.75, 3.05) is 25.1 Å². The summed E-state index contributed by atoms with van der Waals surface area (Å²) in [6.45, 7) is 3.75. The average Bonchev–Trinajstić information content (AvgIpc) is 2.92. The molecule has 2 aromatic rings. The molecule has 0 saturated carbocycles. The second-order valence-corrected chi connectivity index (χ2v) is 7.04. The molecular weight excluding hydrogens is 370 g/mol. The first-order chi connectivity index (χ1) is 13.9. The van der Waals surface area contributed by atoms with Crippen LogP contribution in [0.15, 0.2) is 48.5 Å². The number of benzene rings is 2. The third-order valence-electron chi connectivity index (χ3n) is 4.96. The summed E-state index contributed by atoms with van der Waals surface area (Å²) in [6, 6.07) is 13.8. The maximum absolute atomic E-state index is 12.7. The van der Waals surface area contributed by atoms with Gasteiger partial charge in [0.05, 0.1) is 7.11 Å². The molecule has 1 unspecified atom stereocenters. The molecule has 152 valence electrons. The minimum absolute atomic E-state index is 0.285. The highest BCUT2D eigenvalue weighted by Crippen LogP contribution is 2.25. The number of carbonyl (C=O) groups is 3. The molecule has 0 spiro atoms. The van der Waals surface area contributed by atoms with Gasteiger partial charge in [0.1, 0.15) is 18.3 Å². The van der Waals surface area contributed by atoms with Crippen molar-refractivity contribution >= 4 is 23.5 Å². The molecule has 1 aliphatic rings. The normalized spacial score (nSPS) is 16.3. The van der Waals surface area contributed by atoms with Crippen LogP contribution in [0.4, 0.5) is 10.5 Å². The number of carbonyl (C=O) groups excluding carboxylic acids is 3. The third-order valence-corrected chi connectivity index (χ3v) is 4.96. The van der Waals surface area contributed by atoms with Crippen molar-refractivity contribution in [1.29, 1.82) is 0 Å². The molecule has 1 atom stereocenters. The van der Waals surface area contributed by atoms with Crippen LogP contribution in [0.25, 0.3) is 0 Å². The van der Waals surface area contributed by atoms with Gasteiger partial charge in [0, 0.05) is 12.2 Å². The summed E-state index contributed by atoms with van der Waals surface area (Å²) in [5.41, 5.74) is 2.76. The molecule has 0 aromatic heterocycles. The van der Waals surface area contributed by atoms with E-state index in [0.717, 1.165) is 21.8 Å². The Morgan fingerprint density at radius 3 is 2.34 bits per heavy atom. The zero-order chi connectivity index (χ0) is 21.0. The lowest BCUT2D eigenvalue weighted by molar-refractivity contribution is -0.131. The van der Waals surface area contributed by atoms with Gasteiger partial charge in [-0.05, 0) is 50.1 Å². The van der Waals surface area contributed by atoms with E-state index < -0.39 is 12.1 Å².